The van der Waals surface area contributed by atoms with Crippen LogP contribution in [0.1, 0.15) is 54.4 Å². The zero-order valence-electron chi connectivity index (χ0n) is 16.1. The number of alkyl halides is 2. The first-order valence-corrected chi connectivity index (χ1v) is 9.99. The molecule has 4 nitrogen and oxygen atoms in total. The van der Waals surface area contributed by atoms with Gasteiger partial charge in [-0.3, -0.25) is 14.4 Å². The number of hydrogen-bond acceptors (Lipinski definition) is 3. The van der Waals surface area contributed by atoms with Gasteiger partial charge in [-0.2, -0.15) is 0 Å². The summed E-state index contributed by atoms with van der Waals surface area (Å²) in [7, 11) is 0. The maximum absolute atomic E-state index is 12.9. The van der Waals surface area contributed by atoms with Gasteiger partial charge in [-0.1, -0.05) is 24.6 Å². The molecule has 1 aromatic rings. The predicted molar refractivity (Wildman–Crippen MR) is 106 cm³/mol. The molecule has 0 heterocycles. The van der Waals surface area contributed by atoms with Gasteiger partial charge < -0.3 is 5.32 Å². The van der Waals surface area contributed by atoms with Crippen molar-refractivity contribution in [3.05, 3.63) is 34.4 Å². The molecule has 0 saturated heterocycles. The summed E-state index contributed by atoms with van der Waals surface area (Å²) in [6.07, 6.45) is 0.771. The quantitative estimate of drug-likeness (QED) is 0.591. The summed E-state index contributed by atoms with van der Waals surface area (Å²) < 4.78 is -0.801. The Labute approximate surface area is 170 Å². The van der Waals surface area contributed by atoms with Crippen molar-refractivity contribution in [1.29, 1.82) is 0 Å². The number of aryl methyl sites for hydroxylation is 3. The summed E-state index contributed by atoms with van der Waals surface area (Å²) in [5.41, 5.74) is 3.47. The molecule has 146 valence electrons. The van der Waals surface area contributed by atoms with E-state index in [0.29, 0.717) is 13.0 Å². The number of rotatable bonds is 5. The largest absolute Gasteiger partial charge is 0.355 e. The second kappa shape index (κ2) is 6.89. The van der Waals surface area contributed by atoms with Crippen molar-refractivity contribution >= 4 is 40.7 Å². The number of carbonyl (C=O) groups excluding carboxylic acids is 3. The van der Waals surface area contributed by atoms with E-state index in [0.717, 1.165) is 22.3 Å². The molecule has 1 aromatic carbocycles. The molecule has 2 fully saturated rings. The van der Waals surface area contributed by atoms with Crippen molar-refractivity contribution in [2.75, 3.05) is 6.54 Å². The molecular weight excluding hydrogens is 385 g/mol. The van der Waals surface area contributed by atoms with Crippen LogP contribution >= 0.6 is 23.2 Å². The van der Waals surface area contributed by atoms with Crippen LogP contribution in [0, 0.1) is 32.1 Å². The van der Waals surface area contributed by atoms with E-state index in [1.165, 1.54) is 0 Å². The molecule has 0 aromatic heterocycles. The molecule has 2 aliphatic rings. The molecule has 2 saturated carbocycles. The van der Waals surface area contributed by atoms with Crippen molar-refractivity contribution in [3.63, 3.8) is 0 Å². The number of ketones is 2. The van der Waals surface area contributed by atoms with Crippen LogP contribution in [-0.4, -0.2) is 28.4 Å². The van der Waals surface area contributed by atoms with Crippen LogP contribution in [0.15, 0.2) is 12.1 Å². The minimum atomic E-state index is -0.801. The van der Waals surface area contributed by atoms with Gasteiger partial charge in [-0.05, 0) is 43.9 Å². The molecular formula is C21H25Cl2NO3. The summed E-state index contributed by atoms with van der Waals surface area (Å²) in [6.45, 7) is 8.13. The molecule has 3 rings (SSSR count). The van der Waals surface area contributed by atoms with E-state index in [9.17, 15) is 14.4 Å². The van der Waals surface area contributed by atoms with Gasteiger partial charge in [0, 0.05) is 30.7 Å². The maximum Gasteiger partial charge on any atom is 0.220 e. The van der Waals surface area contributed by atoms with Gasteiger partial charge in [0.1, 0.15) is 16.0 Å². The molecule has 0 bridgehead atoms. The lowest BCUT2D eigenvalue weighted by atomic mass is 9.86. The predicted octanol–water partition coefficient (Wildman–Crippen LogP) is 3.94. The minimum Gasteiger partial charge on any atom is -0.355 e. The summed E-state index contributed by atoms with van der Waals surface area (Å²) in [6, 6.07) is 3.98. The van der Waals surface area contributed by atoms with Crippen LogP contribution in [0.4, 0.5) is 0 Å². The fourth-order valence-electron chi connectivity index (χ4n) is 4.21. The second-order valence-electron chi connectivity index (χ2n) is 8.44. The monoisotopic (exact) mass is 409 g/mol. The van der Waals surface area contributed by atoms with E-state index in [-0.39, 0.29) is 35.7 Å². The van der Waals surface area contributed by atoms with E-state index >= 15 is 0 Å². The van der Waals surface area contributed by atoms with E-state index in [1.807, 2.05) is 39.8 Å². The lowest BCUT2D eigenvalue weighted by Gasteiger charge is -2.17. The van der Waals surface area contributed by atoms with Gasteiger partial charge in [0.2, 0.25) is 5.91 Å². The zero-order valence-corrected chi connectivity index (χ0v) is 17.6. The Kier molecular flexibility index (Phi) is 5.19. The first-order chi connectivity index (χ1) is 12.4. The van der Waals surface area contributed by atoms with Crippen molar-refractivity contribution in [1.82, 2.24) is 5.32 Å². The van der Waals surface area contributed by atoms with Crippen LogP contribution < -0.4 is 5.32 Å². The third kappa shape index (κ3) is 3.79. The van der Waals surface area contributed by atoms with Crippen LogP contribution in [0.5, 0.6) is 0 Å². The average molecular weight is 410 g/mol. The van der Waals surface area contributed by atoms with Crippen molar-refractivity contribution in [2.24, 2.45) is 11.3 Å². The number of Topliss-reactive ketones (excluding diaryl/α,β-unsaturated/α-hetero) is 2. The number of carbonyl (C=O) groups is 3. The molecule has 0 aliphatic heterocycles. The maximum atomic E-state index is 12.9. The van der Waals surface area contributed by atoms with Gasteiger partial charge in [0.05, 0.1) is 0 Å². The van der Waals surface area contributed by atoms with Gasteiger partial charge in [-0.15, -0.1) is 23.2 Å². The Morgan fingerprint density at radius 1 is 1.19 bits per heavy atom. The molecule has 1 amide bonds. The zero-order chi connectivity index (χ0) is 20.1. The third-order valence-corrected chi connectivity index (χ3v) is 7.14. The smallest absolute Gasteiger partial charge is 0.220 e. The number of halogens is 2. The molecule has 27 heavy (non-hydrogen) atoms. The first-order valence-electron chi connectivity index (χ1n) is 9.24. The fourth-order valence-corrected chi connectivity index (χ4v) is 4.93. The Bertz CT molecular complexity index is 810. The summed E-state index contributed by atoms with van der Waals surface area (Å²) in [5, 5.41) is 2.82. The number of amides is 1. The highest BCUT2D eigenvalue weighted by Crippen LogP contribution is 2.63. The highest BCUT2D eigenvalue weighted by Gasteiger charge is 2.62. The molecule has 3 unspecified atom stereocenters. The molecule has 0 spiro atoms. The third-order valence-electron chi connectivity index (χ3n) is 5.96. The normalized spacial score (nSPS) is 29.1. The van der Waals surface area contributed by atoms with E-state index in [2.05, 4.69) is 5.32 Å². The van der Waals surface area contributed by atoms with Crippen LogP contribution in [0.25, 0.3) is 0 Å². The Morgan fingerprint density at radius 3 is 2.26 bits per heavy atom. The number of nitrogens with one attached hydrogen (secondary N) is 1. The molecule has 1 N–H and O–H groups in total. The van der Waals surface area contributed by atoms with Crippen molar-refractivity contribution in [3.8, 4) is 0 Å². The van der Waals surface area contributed by atoms with Crippen LogP contribution in [-0.2, 0) is 14.4 Å². The highest BCUT2D eigenvalue weighted by molar-refractivity contribution is 6.51. The van der Waals surface area contributed by atoms with Gasteiger partial charge in [0.15, 0.2) is 5.78 Å². The molecule has 6 heteroatoms. The second-order valence-corrected chi connectivity index (χ2v) is 9.92. The van der Waals surface area contributed by atoms with Gasteiger partial charge in [-0.25, -0.2) is 0 Å². The molecule has 0 radical (unpaired) electrons. The van der Waals surface area contributed by atoms with E-state index < -0.39 is 16.2 Å². The summed E-state index contributed by atoms with van der Waals surface area (Å²) in [4.78, 5) is 37.8. The summed E-state index contributed by atoms with van der Waals surface area (Å²) >= 11 is 12.2. The lowest BCUT2D eigenvalue weighted by Crippen LogP contribution is -2.33. The van der Waals surface area contributed by atoms with E-state index in [4.69, 9.17) is 23.2 Å². The average Bonchev–Trinajstić information content (AvgIpc) is 2.93. The SMILES string of the molecule is Cc1cc(C)c(C2C(=O)CC(CC(=O)NCC3(C)CC3(Cl)Cl)C2=O)c(C)c1. The fraction of sp³-hybridized carbons (Fsp3) is 0.571. The Morgan fingerprint density at radius 2 is 1.74 bits per heavy atom. The number of benzene rings is 1. The van der Waals surface area contributed by atoms with E-state index in [1.54, 1.807) is 0 Å². The lowest BCUT2D eigenvalue weighted by molar-refractivity contribution is -0.128. The van der Waals surface area contributed by atoms with Crippen molar-refractivity contribution < 1.29 is 14.4 Å². The first kappa shape index (κ1) is 20.3. The van der Waals surface area contributed by atoms with Crippen LogP contribution in [0.2, 0.25) is 0 Å². The molecule has 3 atom stereocenters. The van der Waals surface area contributed by atoms with Gasteiger partial charge >= 0.3 is 0 Å². The van der Waals surface area contributed by atoms with Crippen LogP contribution in [0.3, 0.4) is 0 Å². The topological polar surface area (TPSA) is 63.2 Å². The Balaban J connectivity index is 1.67. The van der Waals surface area contributed by atoms with Gasteiger partial charge in [0.25, 0.3) is 0 Å². The van der Waals surface area contributed by atoms with Crippen molar-refractivity contribution in [2.45, 2.75) is 57.2 Å². The number of hydrogen-bond donors (Lipinski definition) is 1. The standard InChI is InChI=1S/C21H25Cl2NO3/c1-11-5-12(2)17(13(3)6-11)18-15(25)7-14(19(18)27)8-16(26)24-10-20(4)9-21(20,22)23/h5-6,14,18H,7-10H2,1-4H3,(H,24,26). The summed E-state index contributed by atoms with van der Waals surface area (Å²) in [5.74, 6) is -1.79. The Hall–Kier alpha value is -1.39. The minimum absolute atomic E-state index is 0.0265. The highest BCUT2D eigenvalue weighted by atomic mass is 35.5. The molecule has 2 aliphatic carbocycles.